The van der Waals surface area contributed by atoms with Gasteiger partial charge >= 0.3 is 5.97 Å². The first-order chi connectivity index (χ1) is 16.8. The first-order valence-corrected chi connectivity index (χ1v) is 12.3. The topological polar surface area (TPSA) is 79.1 Å². The summed E-state index contributed by atoms with van der Waals surface area (Å²) in [4.78, 5) is 31.7. The molecule has 35 heavy (non-hydrogen) atoms. The Balaban J connectivity index is 2.01. The quantitative estimate of drug-likeness (QED) is 0.429. The largest absolute Gasteiger partial charge is 0.493 e. The first kappa shape index (κ1) is 24.9. The summed E-state index contributed by atoms with van der Waals surface area (Å²) < 4.78 is 32.0. The Hall–Kier alpha value is -3.24. The van der Waals surface area contributed by atoms with Crippen molar-refractivity contribution < 1.29 is 23.4 Å². The van der Waals surface area contributed by atoms with Gasteiger partial charge in [0.05, 0.1) is 42.7 Å². The van der Waals surface area contributed by atoms with Crippen molar-refractivity contribution in [2.24, 2.45) is 4.99 Å². The Kier molecular flexibility index (Phi) is 7.23. The number of allylic oxidation sites excluding steroid dienone is 1. The van der Waals surface area contributed by atoms with E-state index in [1.54, 1.807) is 44.2 Å². The molecule has 1 atom stereocenters. The maximum Gasteiger partial charge on any atom is 0.338 e. The van der Waals surface area contributed by atoms with E-state index < -0.39 is 12.0 Å². The number of ether oxygens (including phenoxy) is 3. The van der Waals surface area contributed by atoms with Gasteiger partial charge in [0.25, 0.3) is 5.56 Å². The lowest BCUT2D eigenvalue weighted by atomic mass is 9.95. The van der Waals surface area contributed by atoms with Crippen molar-refractivity contribution in [1.29, 1.82) is 0 Å². The van der Waals surface area contributed by atoms with E-state index in [2.05, 4.69) is 20.9 Å². The summed E-state index contributed by atoms with van der Waals surface area (Å²) in [6.45, 7) is 3.60. The molecule has 0 spiro atoms. The van der Waals surface area contributed by atoms with Crippen molar-refractivity contribution >= 4 is 39.3 Å². The molecule has 1 aliphatic heterocycles. The number of carbonyl (C=O) groups is 1. The third-order valence-corrected chi connectivity index (χ3v) is 7.15. The van der Waals surface area contributed by atoms with Crippen LogP contribution in [0, 0.1) is 5.82 Å². The number of rotatable bonds is 6. The van der Waals surface area contributed by atoms with E-state index in [4.69, 9.17) is 14.2 Å². The molecule has 1 aliphatic rings. The number of methoxy groups -OCH3 is 2. The van der Waals surface area contributed by atoms with E-state index >= 15 is 0 Å². The molecule has 0 aliphatic carbocycles. The Bertz CT molecular complexity index is 1510. The molecular formula is C25H22BrFN2O5S. The molecule has 0 unspecified atom stereocenters. The van der Waals surface area contributed by atoms with Gasteiger partial charge in [-0.05, 0) is 55.3 Å². The van der Waals surface area contributed by atoms with Gasteiger partial charge in [0.15, 0.2) is 16.3 Å². The van der Waals surface area contributed by atoms with Crippen LogP contribution in [0.2, 0.25) is 0 Å². The number of carbonyl (C=O) groups excluding carboxylic acids is 1. The summed E-state index contributed by atoms with van der Waals surface area (Å²) in [5.41, 5.74) is 1.64. The minimum absolute atomic E-state index is 0.171. The van der Waals surface area contributed by atoms with Gasteiger partial charge in [0.2, 0.25) is 0 Å². The molecule has 4 rings (SSSR count). The van der Waals surface area contributed by atoms with Crippen LogP contribution in [0.4, 0.5) is 4.39 Å². The molecule has 1 aromatic heterocycles. The maximum absolute atomic E-state index is 13.7. The molecule has 3 aromatic rings. The van der Waals surface area contributed by atoms with Gasteiger partial charge in [-0.2, -0.15) is 0 Å². The fourth-order valence-corrected chi connectivity index (χ4v) is 5.46. The van der Waals surface area contributed by atoms with E-state index in [-0.39, 0.29) is 23.6 Å². The van der Waals surface area contributed by atoms with Gasteiger partial charge in [0.1, 0.15) is 5.82 Å². The third-order valence-electron chi connectivity index (χ3n) is 5.48. The van der Waals surface area contributed by atoms with E-state index in [9.17, 15) is 14.0 Å². The summed E-state index contributed by atoms with van der Waals surface area (Å²) in [5.74, 6) is 0.00657. The van der Waals surface area contributed by atoms with Gasteiger partial charge in [-0.15, -0.1) is 0 Å². The average molecular weight is 561 g/mol. The van der Waals surface area contributed by atoms with Crippen LogP contribution >= 0.6 is 27.3 Å². The minimum atomic E-state index is -0.824. The monoisotopic (exact) mass is 560 g/mol. The van der Waals surface area contributed by atoms with Crippen LogP contribution in [0.3, 0.4) is 0 Å². The molecule has 0 radical (unpaired) electrons. The highest BCUT2D eigenvalue weighted by molar-refractivity contribution is 9.10. The number of aromatic nitrogens is 1. The van der Waals surface area contributed by atoms with Crippen molar-refractivity contribution in [2.45, 2.75) is 19.9 Å². The van der Waals surface area contributed by atoms with Gasteiger partial charge < -0.3 is 14.2 Å². The van der Waals surface area contributed by atoms with Crippen LogP contribution in [0.1, 0.15) is 31.0 Å². The molecule has 0 saturated carbocycles. The van der Waals surface area contributed by atoms with Crippen molar-refractivity contribution in [3.63, 3.8) is 0 Å². The van der Waals surface area contributed by atoms with Crippen molar-refractivity contribution in [1.82, 2.24) is 4.57 Å². The average Bonchev–Trinajstić information content (AvgIpc) is 3.14. The lowest BCUT2D eigenvalue weighted by Gasteiger charge is -2.26. The predicted octanol–water partition coefficient (Wildman–Crippen LogP) is 3.72. The van der Waals surface area contributed by atoms with Crippen LogP contribution in [0.15, 0.2) is 61.9 Å². The SMILES string of the molecule is CCOC(=O)C1=C(C)N=c2s/c(=C\c3ccc(F)cc3)c(=O)n2[C@H]1c1cc(OC)c(OC)cc1Br. The van der Waals surface area contributed by atoms with E-state index in [1.165, 1.54) is 42.3 Å². The standard InChI is InChI=1S/C25H22BrFN2O5S/c1-5-34-24(31)21-13(2)28-25-29(22(21)16-11-18(32-3)19(33-4)12-17(16)26)23(30)20(35-25)10-14-6-8-15(27)9-7-14/h6-12,22H,5H2,1-4H3/b20-10-/t22-/m0/s1. The van der Waals surface area contributed by atoms with Crippen molar-refractivity contribution in [3.8, 4) is 11.5 Å². The zero-order chi connectivity index (χ0) is 25.3. The molecule has 182 valence electrons. The molecule has 2 heterocycles. The highest BCUT2D eigenvalue weighted by atomic mass is 79.9. The van der Waals surface area contributed by atoms with Crippen LogP contribution in [-0.4, -0.2) is 31.4 Å². The fourth-order valence-electron chi connectivity index (χ4n) is 3.88. The van der Waals surface area contributed by atoms with Gasteiger partial charge in [-0.25, -0.2) is 14.2 Å². The minimum Gasteiger partial charge on any atom is -0.493 e. The fraction of sp³-hybridized carbons (Fsp3) is 0.240. The smallest absolute Gasteiger partial charge is 0.338 e. The summed E-state index contributed by atoms with van der Waals surface area (Å²) in [6.07, 6.45) is 1.67. The van der Waals surface area contributed by atoms with Crippen LogP contribution in [0.5, 0.6) is 11.5 Å². The zero-order valence-corrected chi connectivity index (χ0v) is 21.8. The van der Waals surface area contributed by atoms with Gasteiger partial charge in [-0.1, -0.05) is 39.4 Å². The predicted molar refractivity (Wildman–Crippen MR) is 134 cm³/mol. The lowest BCUT2D eigenvalue weighted by molar-refractivity contribution is -0.139. The summed E-state index contributed by atoms with van der Waals surface area (Å²) in [6, 6.07) is 8.46. The molecule has 0 N–H and O–H groups in total. The van der Waals surface area contributed by atoms with E-state index in [0.717, 1.165) is 0 Å². The Morgan fingerprint density at radius 2 is 1.86 bits per heavy atom. The second-order valence-corrected chi connectivity index (χ2v) is 9.45. The number of nitrogens with zero attached hydrogens (tertiary/aromatic N) is 2. The Morgan fingerprint density at radius 3 is 2.49 bits per heavy atom. The number of fused-ring (bicyclic) bond motifs is 1. The third kappa shape index (κ3) is 4.68. The summed E-state index contributed by atoms with van der Waals surface area (Å²) >= 11 is 4.76. The lowest BCUT2D eigenvalue weighted by Crippen LogP contribution is -2.40. The Labute approximate surface area is 212 Å². The Morgan fingerprint density at radius 1 is 1.20 bits per heavy atom. The van der Waals surface area contributed by atoms with Crippen LogP contribution in [0.25, 0.3) is 6.08 Å². The van der Waals surface area contributed by atoms with Gasteiger partial charge in [-0.3, -0.25) is 9.36 Å². The summed E-state index contributed by atoms with van der Waals surface area (Å²) in [7, 11) is 3.04. The first-order valence-electron chi connectivity index (χ1n) is 10.7. The second kappa shape index (κ2) is 10.2. The van der Waals surface area contributed by atoms with Crippen LogP contribution < -0.4 is 24.4 Å². The summed E-state index contributed by atoms with van der Waals surface area (Å²) in [5, 5.41) is 0. The number of esters is 1. The number of halogens is 2. The molecule has 2 aromatic carbocycles. The number of hydrogen-bond acceptors (Lipinski definition) is 7. The molecule has 0 amide bonds. The van der Waals surface area contributed by atoms with E-state index in [1.807, 2.05) is 0 Å². The van der Waals surface area contributed by atoms with Crippen molar-refractivity contribution in [2.75, 3.05) is 20.8 Å². The highest BCUT2D eigenvalue weighted by Gasteiger charge is 2.35. The van der Waals surface area contributed by atoms with Crippen molar-refractivity contribution in [3.05, 3.63) is 88.8 Å². The normalized spacial score (nSPS) is 15.5. The zero-order valence-electron chi connectivity index (χ0n) is 19.4. The molecule has 0 bridgehead atoms. The number of thiazole rings is 1. The van der Waals surface area contributed by atoms with Gasteiger partial charge in [0, 0.05) is 4.47 Å². The second-order valence-electron chi connectivity index (χ2n) is 7.58. The molecule has 10 heteroatoms. The molecular weight excluding hydrogens is 539 g/mol. The molecule has 7 nitrogen and oxygen atoms in total. The van der Waals surface area contributed by atoms with E-state index in [0.29, 0.717) is 42.1 Å². The highest BCUT2D eigenvalue weighted by Crippen LogP contribution is 2.40. The number of benzene rings is 2. The number of hydrogen-bond donors (Lipinski definition) is 0. The van der Waals surface area contributed by atoms with Crippen LogP contribution in [-0.2, 0) is 9.53 Å². The molecule has 0 fully saturated rings. The molecule has 0 saturated heterocycles. The maximum atomic E-state index is 13.7.